The highest BCUT2D eigenvalue weighted by Gasteiger charge is 2.13. The average Bonchev–Trinajstić information content (AvgIpc) is 3.03. The van der Waals surface area contributed by atoms with Gasteiger partial charge >= 0.3 is 0 Å². The molecule has 0 aliphatic rings. The van der Waals surface area contributed by atoms with Gasteiger partial charge < -0.3 is 5.32 Å². The molecule has 2 N–H and O–H groups in total. The quantitative estimate of drug-likeness (QED) is 0.741. The smallest absolute Gasteiger partial charge is 0.225 e. The largest absolute Gasteiger partial charge is 0.354 e. The number of rotatable bonds is 4. The second-order valence-corrected chi connectivity index (χ2v) is 4.29. The molecule has 0 saturated heterocycles. The number of nitrogens with zero attached hydrogens (tertiary/aromatic N) is 5. The van der Waals surface area contributed by atoms with Crippen LogP contribution in [0.25, 0.3) is 22.4 Å². The van der Waals surface area contributed by atoms with Gasteiger partial charge in [-0.1, -0.05) is 6.92 Å². The van der Waals surface area contributed by atoms with Crippen LogP contribution in [0.4, 0.5) is 5.95 Å². The summed E-state index contributed by atoms with van der Waals surface area (Å²) >= 11 is 0. The first-order chi connectivity index (χ1) is 9.29. The zero-order chi connectivity index (χ0) is 13.2. The molecule has 3 heterocycles. The van der Waals surface area contributed by atoms with Gasteiger partial charge in [-0.05, 0) is 12.5 Å². The zero-order valence-electron chi connectivity index (χ0n) is 10.9. The van der Waals surface area contributed by atoms with E-state index in [9.17, 15) is 0 Å². The van der Waals surface area contributed by atoms with Gasteiger partial charge in [0.25, 0.3) is 0 Å². The number of hydrogen-bond acceptors (Lipinski definition) is 5. The molecule has 0 aromatic carbocycles. The van der Waals surface area contributed by atoms with Crippen LogP contribution >= 0.6 is 0 Å². The average molecular weight is 257 g/mol. The molecule has 3 aromatic heterocycles. The molecule has 0 unspecified atom stereocenters. The topological polar surface area (TPSA) is 84.3 Å². The number of aromatic nitrogens is 6. The van der Waals surface area contributed by atoms with Gasteiger partial charge in [-0.2, -0.15) is 15.2 Å². The number of fused-ring (bicyclic) bond motifs is 1. The van der Waals surface area contributed by atoms with Crippen molar-refractivity contribution in [3.63, 3.8) is 0 Å². The third kappa shape index (κ3) is 2.03. The lowest BCUT2D eigenvalue weighted by molar-refractivity contribution is 0.774. The van der Waals surface area contributed by atoms with Crippen LogP contribution in [0.1, 0.15) is 13.3 Å². The van der Waals surface area contributed by atoms with Crippen molar-refractivity contribution in [1.82, 2.24) is 29.9 Å². The SMILES string of the molecule is CCCNc1nc(-c2ccnn2C)c2cn[nH]c2n1. The first-order valence-electron chi connectivity index (χ1n) is 6.23. The Morgan fingerprint density at radius 3 is 3.00 bits per heavy atom. The van der Waals surface area contributed by atoms with E-state index in [2.05, 4.69) is 37.5 Å². The molecule has 0 fully saturated rings. The monoisotopic (exact) mass is 257 g/mol. The Bertz CT molecular complexity index is 697. The number of H-pyrrole nitrogens is 1. The molecule has 0 saturated carbocycles. The van der Waals surface area contributed by atoms with E-state index in [1.807, 2.05) is 13.1 Å². The van der Waals surface area contributed by atoms with Crippen LogP contribution in [0.2, 0.25) is 0 Å². The van der Waals surface area contributed by atoms with Crippen LogP contribution in [-0.2, 0) is 7.05 Å². The molecular weight excluding hydrogens is 242 g/mol. The van der Waals surface area contributed by atoms with Crippen molar-refractivity contribution < 1.29 is 0 Å². The number of nitrogens with one attached hydrogen (secondary N) is 2. The summed E-state index contributed by atoms with van der Waals surface area (Å²) in [7, 11) is 1.89. The Balaban J connectivity index is 2.16. The molecule has 3 aromatic rings. The highest BCUT2D eigenvalue weighted by atomic mass is 15.3. The fraction of sp³-hybridized carbons (Fsp3) is 0.333. The van der Waals surface area contributed by atoms with Gasteiger partial charge in [0.2, 0.25) is 5.95 Å². The summed E-state index contributed by atoms with van der Waals surface area (Å²) in [5.74, 6) is 0.606. The molecule has 0 aliphatic heterocycles. The molecule has 7 heteroatoms. The molecule has 0 amide bonds. The van der Waals surface area contributed by atoms with Crippen LogP contribution in [0.5, 0.6) is 0 Å². The minimum Gasteiger partial charge on any atom is -0.354 e. The first kappa shape index (κ1) is 11.6. The second kappa shape index (κ2) is 4.68. The number of aryl methyl sites for hydroxylation is 1. The van der Waals surface area contributed by atoms with Crippen molar-refractivity contribution in [3.8, 4) is 11.4 Å². The first-order valence-corrected chi connectivity index (χ1v) is 6.23. The van der Waals surface area contributed by atoms with Crippen molar-refractivity contribution in [2.24, 2.45) is 7.05 Å². The maximum atomic E-state index is 4.57. The molecule has 98 valence electrons. The molecule has 0 aliphatic carbocycles. The lowest BCUT2D eigenvalue weighted by Gasteiger charge is -2.07. The highest BCUT2D eigenvalue weighted by molar-refractivity contribution is 5.89. The normalized spacial score (nSPS) is 11.1. The van der Waals surface area contributed by atoms with Crippen LogP contribution in [0.3, 0.4) is 0 Å². The lowest BCUT2D eigenvalue weighted by Crippen LogP contribution is -2.06. The van der Waals surface area contributed by atoms with Crippen molar-refractivity contribution >= 4 is 17.0 Å². The molecule has 0 atom stereocenters. The number of aromatic amines is 1. The second-order valence-electron chi connectivity index (χ2n) is 4.29. The van der Waals surface area contributed by atoms with Gasteiger partial charge in [-0.25, -0.2) is 4.98 Å². The molecule has 0 radical (unpaired) electrons. The summed E-state index contributed by atoms with van der Waals surface area (Å²) in [4.78, 5) is 8.97. The van der Waals surface area contributed by atoms with Gasteiger partial charge in [0.15, 0.2) is 5.65 Å². The molecular formula is C12H15N7. The minimum atomic E-state index is 0.606. The third-order valence-corrected chi connectivity index (χ3v) is 2.91. The summed E-state index contributed by atoms with van der Waals surface area (Å²) in [6, 6.07) is 1.93. The summed E-state index contributed by atoms with van der Waals surface area (Å²) in [6.07, 6.45) is 4.51. The van der Waals surface area contributed by atoms with E-state index in [0.717, 1.165) is 35.4 Å². The molecule has 19 heavy (non-hydrogen) atoms. The predicted octanol–water partition coefficient (Wildman–Crippen LogP) is 1.58. The molecule has 7 nitrogen and oxygen atoms in total. The van der Waals surface area contributed by atoms with E-state index in [1.165, 1.54) is 0 Å². The number of anilines is 1. The van der Waals surface area contributed by atoms with Crippen molar-refractivity contribution in [2.45, 2.75) is 13.3 Å². The lowest BCUT2D eigenvalue weighted by atomic mass is 10.2. The molecule has 0 bridgehead atoms. The summed E-state index contributed by atoms with van der Waals surface area (Å²) in [5, 5.41) is 15.2. The van der Waals surface area contributed by atoms with E-state index in [-0.39, 0.29) is 0 Å². The number of hydrogen-bond donors (Lipinski definition) is 2. The van der Waals surface area contributed by atoms with E-state index in [0.29, 0.717) is 5.95 Å². The summed E-state index contributed by atoms with van der Waals surface area (Å²) < 4.78 is 1.79. The van der Waals surface area contributed by atoms with E-state index in [4.69, 9.17) is 0 Å². The molecule has 0 spiro atoms. The Morgan fingerprint density at radius 2 is 2.26 bits per heavy atom. The fourth-order valence-corrected chi connectivity index (χ4v) is 1.95. The van der Waals surface area contributed by atoms with Crippen molar-refractivity contribution in [1.29, 1.82) is 0 Å². The fourth-order valence-electron chi connectivity index (χ4n) is 1.95. The van der Waals surface area contributed by atoms with Crippen LogP contribution in [0, 0.1) is 0 Å². The Labute approximate surface area is 110 Å². The Hall–Kier alpha value is -2.44. The Kier molecular flexibility index (Phi) is 2.86. The van der Waals surface area contributed by atoms with E-state index < -0.39 is 0 Å². The van der Waals surface area contributed by atoms with E-state index >= 15 is 0 Å². The standard InChI is InChI=1S/C12H15N7/c1-3-5-13-12-16-10(9-4-6-15-19(9)2)8-7-14-18-11(8)17-12/h4,6-7H,3,5H2,1-2H3,(H2,13,14,16,17,18). The third-order valence-electron chi connectivity index (χ3n) is 2.91. The van der Waals surface area contributed by atoms with Gasteiger partial charge in [0, 0.05) is 19.8 Å². The van der Waals surface area contributed by atoms with Crippen LogP contribution < -0.4 is 5.32 Å². The van der Waals surface area contributed by atoms with Gasteiger partial charge in [-0.3, -0.25) is 9.78 Å². The van der Waals surface area contributed by atoms with Crippen molar-refractivity contribution in [3.05, 3.63) is 18.5 Å². The van der Waals surface area contributed by atoms with Crippen LogP contribution in [0.15, 0.2) is 18.5 Å². The van der Waals surface area contributed by atoms with Gasteiger partial charge in [0.1, 0.15) is 5.69 Å². The maximum Gasteiger partial charge on any atom is 0.225 e. The highest BCUT2D eigenvalue weighted by Crippen LogP contribution is 2.25. The van der Waals surface area contributed by atoms with Crippen molar-refractivity contribution in [2.75, 3.05) is 11.9 Å². The zero-order valence-corrected chi connectivity index (χ0v) is 10.9. The van der Waals surface area contributed by atoms with Gasteiger partial charge in [-0.15, -0.1) is 0 Å². The van der Waals surface area contributed by atoms with Crippen LogP contribution in [-0.4, -0.2) is 36.5 Å². The van der Waals surface area contributed by atoms with Gasteiger partial charge in [0.05, 0.1) is 17.3 Å². The maximum absolute atomic E-state index is 4.57. The summed E-state index contributed by atoms with van der Waals surface area (Å²) in [6.45, 7) is 2.94. The Morgan fingerprint density at radius 1 is 1.37 bits per heavy atom. The summed E-state index contributed by atoms with van der Waals surface area (Å²) in [5.41, 5.74) is 2.50. The predicted molar refractivity (Wildman–Crippen MR) is 72.7 cm³/mol. The van der Waals surface area contributed by atoms with E-state index in [1.54, 1.807) is 17.1 Å². The minimum absolute atomic E-state index is 0.606. The molecule has 3 rings (SSSR count).